The summed E-state index contributed by atoms with van der Waals surface area (Å²) in [7, 11) is -3.55. The molecule has 0 amide bonds. The summed E-state index contributed by atoms with van der Waals surface area (Å²) < 4.78 is 29.6. The Morgan fingerprint density at radius 2 is 1.86 bits per heavy atom. The van der Waals surface area contributed by atoms with Crippen molar-refractivity contribution in [3.63, 3.8) is 0 Å². The maximum Gasteiger partial charge on any atom is 0.361 e. The zero-order valence-corrected chi connectivity index (χ0v) is 16.4. The van der Waals surface area contributed by atoms with E-state index in [0.717, 1.165) is 0 Å². The van der Waals surface area contributed by atoms with Crippen LogP contribution in [0.15, 0.2) is 12.2 Å². The first-order valence-corrected chi connectivity index (χ1v) is 10.9. The summed E-state index contributed by atoms with van der Waals surface area (Å²) in [5.41, 5.74) is 0. The molecule has 0 aromatic rings. The fourth-order valence-corrected chi connectivity index (χ4v) is 8.03. The van der Waals surface area contributed by atoms with Gasteiger partial charge in [-0.05, 0) is 40.0 Å². The molecule has 1 aliphatic rings. The predicted octanol–water partition coefficient (Wildman–Crippen LogP) is 4.28. The lowest BCUT2D eigenvalue weighted by Crippen LogP contribution is -2.41. The first-order chi connectivity index (χ1) is 10.2. The number of hydrogen-bond donors (Lipinski definition) is 0. The van der Waals surface area contributed by atoms with Crippen LogP contribution in [0.5, 0.6) is 0 Å². The minimum atomic E-state index is -3.55. The maximum atomic E-state index is 13.6. The summed E-state index contributed by atoms with van der Waals surface area (Å²) in [5, 5.41) is 0. The van der Waals surface area contributed by atoms with Crippen molar-refractivity contribution in [1.29, 1.82) is 0 Å². The van der Waals surface area contributed by atoms with E-state index in [-0.39, 0.29) is 12.2 Å². The van der Waals surface area contributed by atoms with Gasteiger partial charge in [0.15, 0.2) is 6.10 Å². The molecule has 2 atom stereocenters. The molecule has 128 valence electrons. The molecule has 22 heavy (non-hydrogen) atoms. The van der Waals surface area contributed by atoms with E-state index in [1.807, 2.05) is 40.0 Å². The van der Waals surface area contributed by atoms with Crippen molar-refractivity contribution < 1.29 is 23.1 Å². The van der Waals surface area contributed by atoms with Gasteiger partial charge in [-0.2, -0.15) is 0 Å². The highest BCUT2D eigenvalue weighted by atomic mass is 32.2. The minimum absolute atomic E-state index is 0.266. The molecule has 1 rings (SSSR count). The van der Waals surface area contributed by atoms with E-state index in [1.165, 1.54) is 30.4 Å². The molecule has 2 unspecified atom stereocenters. The molecule has 0 radical (unpaired) electrons. The molecule has 1 aliphatic heterocycles. The Balaban J connectivity index is 3.31. The Labute approximate surface area is 141 Å². The maximum absolute atomic E-state index is 13.6. The lowest BCUT2D eigenvalue weighted by Gasteiger charge is -2.43. The van der Waals surface area contributed by atoms with Gasteiger partial charge in [0.05, 0.1) is 12.2 Å². The van der Waals surface area contributed by atoms with Crippen molar-refractivity contribution in [2.24, 2.45) is 0 Å². The smallest absolute Gasteiger partial charge is 0.361 e. The average Bonchev–Trinajstić information content (AvgIpc) is 2.36. The van der Waals surface area contributed by atoms with Crippen molar-refractivity contribution in [1.82, 2.24) is 0 Å². The number of hydrogen-bond acceptors (Lipinski definition) is 7. The van der Waals surface area contributed by atoms with Crippen LogP contribution in [-0.2, 0) is 23.1 Å². The zero-order chi connectivity index (χ0) is 17.0. The Morgan fingerprint density at radius 3 is 2.27 bits per heavy atom. The number of ether oxygens (including phenoxy) is 1. The van der Waals surface area contributed by atoms with Gasteiger partial charge >= 0.3 is 13.6 Å². The van der Waals surface area contributed by atoms with Gasteiger partial charge in [0, 0.05) is 12.7 Å². The summed E-state index contributed by atoms with van der Waals surface area (Å²) >= 11 is 2.79. The number of carbonyl (C=O) groups is 1. The predicted molar refractivity (Wildman–Crippen MR) is 93.4 cm³/mol. The van der Waals surface area contributed by atoms with Crippen molar-refractivity contribution in [3.8, 4) is 0 Å². The molecule has 0 aromatic heterocycles. The molecule has 0 N–H and O–H groups in total. The number of thioether (sulfide) groups is 2. The molecule has 1 heterocycles. The van der Waals surface area contributed by atoms with Crippen molar-refractivity contribution in [2.75, 3.05) is 12.0 Å². The van der Waals surface area contributed by atoms with Crippen LogP contribution < -0.4 is 0 Å². The van der Waals surface area contributed by atoms with Crippen LogP contribution >= 0.6 is 31.1 Å². The fourth-order valence-electron chi connectivity index (χ4n) is 2.09. The van der Waals surface area contributed by atoms with Crippen molar-refractivity contribution in [3.05, 3.63) is 12.2 Å². The highest BCUT2D eigenvalue weighted by Gasteiger charge is 2.59. The van der Waals surface area contributed by atoms with Crippen molar-refractivity contribution in [2.45, 2.75) is 56.8 Å². The molecular weight excluding hydrogens is 343 g/mol. The largest absolute Gasteiger partial charge is 0.455 e. The third kappa shape index (κ3) is 4.54. The van der Waals surface area contributed by atoms with Gasteiger partial charge in [0.2, 0.25) is 3.82 Å². The van der Waals surface area contributed by atoms with E-state index < -0.39 is 23.5 Å². The monoisotopic (exact) mass is 368 g/mol. The van der Waals surface area contributed by atoms with Crippen LogP contribution in [0.2, 0.25) is 0 Å². The van der Waals surface area contributed by atoms with Crippen LogP contribution in [0, 0.1) is 0 Å². The molecule has 0 spiro atoms. The molecule has 0 saturated heterocycles. The second kappa shape index (κ2) is 8.25. The Hall–Kier alpha value is 0.0600. The van der Waals surface area contributed by atoms with E-state index in [1.54, 1.807) is 6.08 Å². The van der Waals surface area contributed by atoms with Crippen LogP contribution in [0.3, 0.4) is 0 Å². The van der Waals surface area contributed by atoms with Gasteiger partial charge in [-0.25, -0.2) is 0 Å². The lowest BCUT2D eigenvalue weighted by atomic mass is 10.3. The van der Waals surface area contributed by atoms with Crippen LogP contribution in [0.25, 0.3) is 0 Å². The lowest BCUT2D eigenvalue weighted by molar-refractivity contribution is -0.144. The average molecular weight is 368 g/mol. The van der Waals surface area contributed by atoms with Gasteiger partial charge < -0.3 is 13.8 Å². The molecule has 0 aliphatic carbocycles. The third-order valence-corrected chi connectivity index (χ3v) is 10.1. The number of esters is 1. The van der Waals surface area contributed by atoms with E-state index in [4.69, 9.17) is 13.8 Å². The normalized spacial score (nSPS) is 25.7. The topological polar surface area (TPSA) is 61.8 Å². The highest BCUT2D eigenvalue weighted by Crippen LogP contribution is 2.72. The molecular formula is C14H25O5PS2. The van der Waals surface area contributed by atoms with E-state index in [9.17, 15) is 9.36 Å². The van der Waals surface area contributed by atoms with Gasteiger partial charge in [-0.15, -0.1) is 23.5 Å². The molecule has 8 heteroatoms. The van der Waals surface area contributed by atoms with E-state index >= 15 is 0 Å². The Morgan fingerprint density at radius 1 is 1.32 bits per heavy atom. The zero-order valence-electron chi connectivity index (χ0n) is 13.9. The summed E-state index contributed by atoms with van der Waals surface area (Å²) in [4.78, 5) is 11.4. The van der Waals surface area contributed by atoms with Crippen molar-refractivity contribution >= 4 is 37.1 Å². The second-order valence-electron chi connectivity index (χ2n) is 5.41. The summed E-state index contributed by atoms with van der Waals surface area (Å²) in [5.74, 6) is 0.238. The van der Waals surface area contributed by atoms with E-state index in [0.29, 0.717) is 5.75 Å². The standard InChI is InChI=1S/C14H25O5PS2/c1-10(2)18-20(16,19-11(3)4)14(21-6)13(17-12(5)15)8-7-9-22-14/h7-8,10-11,13H,9H2,1-6H3. The number of carbonyl (C=O) groups excluding carboxylic acids is 1. The molecule has 0 bridgehead atoms. The Kier molecular flexibility index (Phi) is 7.53. The summed E-state index contributed by atoms with van der Waals surface area (Å²) in [6.45, 7) is 8.60. The molecule has 0 fully saturated rings. The third-order valence-electron chi connectivity index (χ3n) is 2.72. The number of rotatable bonds is 7. The fraction of sp³-hybridized carbons (Fsp3) is 0.786. The first kappa shape index (κ1) is 20.1. The Bertz CT molecular complexity index is 452. The van der Waals surface area contributed by atoms with Gasteiger partial charge in [-0.1, -0.05) is 6.08 Å². The van der Waals surface area contributed by atoms with Crippen LogP contribution in [0.4, 0.5) is 0 Å². The van der Waals surface area contributed by atoms with E-state index in [2.05, 4.69) is 0 Å². The molecule has 0 saturated carbocycles. The van der Waals surface area contributed by atoms with Gasteiger partial charge in [0.25, 0.3) is 0 Å². The quantitative estimate of drug-likeness (QED) is 0.377. The van der Waals surface area contributed by atoms with Gasteiger partial charge in [0.1, 0.15) is 0 Å². The molecule has 5 nitrogen and oxygen atoms in total. The highest BCUT2D eigenvalue weighted by molar-refractivity contribution is 8.25. The SMILES string of the molecule is CSC1(P(=O)(OC(C)C)OC(C)C)SCC=CC1OC(C)=O. The second-order valence-corrected chi connectivity index (χ2v) is 10.7. The minimum Gasteiger partial charge on any atom is -0.455 e. The summed E-state index contributed by atoms with van der Waals surface area (Å²) in [6, 6.07) is 0. The first-order valence-electron chi connectivity index (χ1n) is 7.16. The molecule has 0 aromatic carbocycles. The summed E-state index contributed by atoms with van der Waals surface area (Å²) in [6.07, 6.45) is 4.32. The van der Waals surface area contributed by atoms with Crippen LogP contribution in [-0.4, -0.2) is 40.1 Å². The van der Waals surface area contributed by atoms with Crippen LogP contribution in [0.1, 0.15) is 34.6 Å². The van der Waals surface area contributed by atoms with Gasteiger partial charge in [-0.3, -0.25) is 9.36 Å².